The van der Waals surface area contributed by atoms with E-state index in [1.54, 1.807) is 6.20 Å². The summed E-state index contributed by atoms with van der Waals surface area (Å²) in [6.45, 7) is 3.46. The van der Waals surface area contributed by atoms with E-state index < -0.39 is 0 Å². The largest absolute Gasteiger partial charge is 0.378 e. The van der Waals surface area contributed by atoms with Gasteiger partial charge in [0.15, 0.2) is 5.69 Å². The molecule has 0 amide bonds. The standard InChI is InChI=1S/C25H24N6O2/c1-16-19(6-3-14-33-16)20-5-2-7-21-22(20)23-24(25(32)28-27-23)29-31(21)15-17-8-10-18(11-9-17)30-13-4-12-26-30/h2,4-5,7-13,16,19H,3,6,14-15H2,1H3,(H,28,32)/t16-,19+/m0/s1. The quantitative estimate of drug-likeness (QED) is 0.460. The van der Waals surface area contributed by atoms with Gasteiger partial charge in [0, 0.05) is 30.3 Å². The van der Waals surface area contributed by atoms with Gasteiger partial charge < -0.3 is 4.74 Å². The van der Waals surface area contributed by atoms with Crippen LogP contribution in [0.1, 0.15) is 36.8 Å². The van der Waals surface area contributed by atoms with Crippen molar-refractivity contribution in [2.45, 2.75) is 38.3 Å². The lowest BCUT2D eigenvalue weighted by Gasteiger charge is -2.30. The van der Waals surface area contributed by atoms with E-state index in [1.165, 1.54) is 5.56 Å². The zero-order chi connectivity index (χ0) is 22.4. The maximum absolute atomic E-state index is 12.5. The highest BCUT2D eigenvalue weighted by Gasteiger charge is 2.29. The minimum absolute atomic E-state index is 0.113. The van der Waals surface area contributed by atoms with Gasteiger partial charge in [-0.15, -0.1) is 0 Å². The van der Waals surface area contributed by atoms with Crippen LogP contribution in [0, 0.1) is 0 Å². The van der Waals surface area contributed by atoms with Gasteiger partial charge in [-0.25, -0.2) is 9.78 Å². The first-order valence-corrected chi connectivity index (χ1v) is 11.3. The van der Waals surface area contributed by atoms with Crippen LogP contribution < -0.4 is 5.56 Å². The first kappa shape index (κ1) is 19.9. The molecule has 0 radical (unpaired) electrons. The molecule has 2 atom stereocenters. The summed E-state index contributed by atoms with van der Waals surface area (Å²) in [6.07, 6.45) is 5.86. The Labute approximate surface area is 190 Å². The van der Waals surface area contributed by atoms with Crippen LogP contribution in [0.3, 0.4) is 0 Å². The third-order valence-corrected chi connectivity index (χ3v) is 6.56. The van der Waals surface area contributed by atoms with E-state index in [9.17, 15) is 4.79 Å². The molecular weight excluding hydrogens is 416 g/mol. The SMILES string of the molecule is C[C@@H]1OCCC[C@H]1c1cccc2c1c1n[nH]c(=O)c-1nn2Cc1ccc(-n2cccn2)cc1. The number of hydrogen-bond donors (Lipinski definition) is 1. The number of nitrogens with zero attached hydrogens (tertiary/aromatic N) is 5. The van der Waals surface area contributed by atoms with Crippen LogP contribution in [0.2, 0.25) is 0 Å². The fourth-order valence-electron chi connectivity index (χ4n) is 4.90. The molecule has 1 N–H and O–H groups in total. The Bertz CT molecular complexity index is 1430. The summed E-state index contributed by atoms with van der Waals surface area (Å²) >= 11 is 0. The van der Waals surface area contributed by atoms with Gasteiger partial charge in [0.05, 0.1) is 23.9 Å². The van der Waals surface area contributed by atoms with E-state index in [2.05, 4.69) is 52.6 Å². The third kappa shape index (κ3) is 3.43. The summed E-state index contributed by atoms with van der Waals surface area (Å²) in [6, 6.07) is 16.4. The number of hydrogen-bond acceptors (Lipinski definition) is 5. The normalized spacial score (nSPS) is 18.8. The zero-order valence-electron chi connectivity index (χ0n) is 18.3. The van der Waals surface area contributed by atoms with Crippen molar-refractivity contribution in [3.8, 4) is 17.1 Å². The molecule has 3 aliphatic rings. The van der Waals surface area contributed by atoms with E-state index in [0.29, 0.717) is 17.9 Å². The molecule has 6 rings (SSSR count). The van der Waals surface area contributed by atoms with Crippen LogP contribution in [0.4, 0.5) is 0 Å². The fraction of sp³-hybridized carbons (Fsp3) is 0.280. The lowest BCUT2D eigenvalue weighted by molar-refractivity contribution is 0.0119. The Morgan fingerprint density at radius 1 is 1.12 bits per heavy atom. The van der Waals surface area contributed by atoms with Gasteiger partial charge in [0.2, 0.25) is 0 Å². The molecule has 33 heavy (non-hydrogen) atoms. The molecule has 1 saturated heterocycles. The van der Waals surface area contributed by atoms with Crippen molar-refractivity contribution < 1.29 is 4.74 Å². The van der Waals surface area contributed by atoms with Crippen LogP contribution in [-0.2, 0) is 11.3 Å². The topological polar surface area (TPSA) is 90.6 Å². The van der Waals surface area contributed by atoms with Crippen LogP contribution >= 0.6 is 0 Å². The molecule has 0 bridgehead atoms. The van der Waals surface area contributed by atoms with E-state index in [4.69, 9.17) is 9.84 Å². The van der Waals surface area contributed by atoms with Crippen LogP contribution in [0.25, 0.3) is 28.0 Å². The summed E-state index contributed by atoms with van der Waals surface area (Å²) in [5.41, 5.74) is 4.94. The van der Waals surface area contributed by atoms with E-state index >= 15 is 0 Å². The average Bonchev–Trinajstić information content (AvgIpc) is 3.50. The third-order valence-electron chi connectivity index (χ3n) is 6.56. The highest BCUT2D eigenvalue weighted by Crippen LogP contribution is 2.38. The second-order valence-corrected chi connectivity index (χ2v) is 8.59. The summed E-state index contributed by atoms with van der Waals surface area (Å²) in [4.78, 5) is 12.5. The molecule has 1 aromatic heterocycles. The Kier molecular flexibility index (Phi) is 4.80. The number of fused-ring (bicyclic) bond motifs is 3. The van der Waals surface area contributed by atoms with E-state index in [1.807, 2.05) is 33.8 Å². The van der Waals surface area contributed by atoms with Crippen molar-refractivity contribution in [1.29, 1.82) is 0 Å². The monoisotopic (exact) mass is 440 g/mol. The average molecular weight is 441 g/mol. The van der Waals surface area contributed by atoms with Crippen molar-refractivity contribution in [1.82, 2.24) is 29.8 Å². The van der Waals surface area contributed by atoms with Gasteiger partial charge in [-0.1, -0.05) is 24.3 Å². The first-order valence-electron chi connectivity index (χ1n) is 11.3. The number of aromatic amines is 1. The van der Waals surface area contributed by atoms with Gasteiger partial charge in [-0.3, -0.25) is 9.48 Å². The Morgan fingerprint density at radius 2 is 2.00 bits per heavy atom. The van der Waals surface area contributed by atoms with Gasteiger partial charge in [-0.05, 0) is 55.2 Å². The zero-order valence-corrected chi connectivity index (χ0v) is 18.3. The number of H-pyrrole nitrogens is 1. The van der Waals surface area contributed by atoms with Gasteiger partial charge in [0.1, 0.15) is 5.69 Å². The molecule has 8 nitrogen and oxygen atoms in total. The number of benzene rings is 2. The number of rotatable bonds is 4. The highest BCUT2D eigenvalue weighted by molar-refractivity contribution is 5.95. The van der Waals surface area contributed by atoms with Crippen molar-refractivity contribution in [3.05, 3.63) is 82.4 Å². The van der Waals surface area contributed by atoms with Gasteiger partial charge in [0.25, 0.3) is 5.56 Å². The minimum Gasteiger partial charge on any atom is -0.378 e. The molecule has 1 fully saturated rings. The molecule has 3 aromatic rings. The molecule has 166 valence electrons. The molecule has 0 saturated carbocycles. The summed E-state index contributed by atoms with van der Waals surface area (Å²) in [5, 5.41) is 16.9. The summed E-state index contributed by atoms with van der Waals surface area (Å²) in [5.74, 6) is 0.252. The van der Waals surface area contributed by atoms with Gasteiger partial charge >= 0.3 is 0 Å². The maximum Gasteiger partial charge on any atom is 0.294 e. The number of nitrogens with one attached hydrogen (secondary N) is 1. The van der Waals surface area contributed by atoms with E-state index in [0.717, 1.165) is 41.6 Å². The maximum atomic E-state index is 12.5. The second kappa shape index (κ2) is 7.97. The van der Waals surface area contributed by atoms with Gasteiger partial charge in [-0.2, -0.15) is 15.3 Å². The molecular formula is C25H24N6O2. The lowest BCUT2D eigenvalue weighted by atomic mass is 9.85. The minimum atomic E-state index is -0.266. The molecule has 2 aromatic carbocycles. The predicted octanol–water partition coefficient (Wildman–Crippen LogP) is 3.74. The smallest absolute Gasteiger partial charge is 0.294 e. The Morgan fingerprint density at radius 3 is 2.79 bits per heavy atom. The molecule has 3 aliphatic heterocycles. The molecule has 8 heteroatoms. The molecule has 0 unspecified atom stereocenters. The fourth-order valence-corrected chi connectivity index (χ4v) is 4.90. The Hall–Kier alpha value is -3.78. The van der Waals surface area contributed by atoms with E-state index in [-0.39, 0.29) is 17.6 Å². The number of aromatic nitrogens is 6. The van der Waals surface area contributed by atoms with Crippen molar-refractivity contribution in [3.63, 3.8) is 0 Å². The molecule has 0 aliphatic carbocycles. The van der Waals surface area contributed by atoms with Crippen molar-refractivity contribution >= 4 is 10.9 Å². The Balaban J connectivity index is 1.47. The summed E-state index contributed by atoms with van der Waals surface area (Å²) < 4.78 is 9.70. The first-order chi connectivity index (χ1) is 16.2. The highest BCUT2D eigenvalue weighted by atomic mass is 16.5. The van der Waals surface area contributed by atoms with Crippen LogP contribution in [0.15, 0.2) is 65.7 Å². The predicted molar refractivity (Wildman–Crippen MR) is 125 cm³/mol. The van der Waals surface area contributed by atoms with Crippen LogP contribution in [-0.4, -0.2) is 42.5 Å². The summed E-state index contributed by atoms with van der Waals surface area (Å²) in [7, 11) is 0. The lowest BCUT2D eigenvalue weighted by Crippen LogP contribution is -2.25. The van der Waals surface area contributed by atoms with Crippen molar-refractivity contribution in [2.75, 3.05) is 6.61 Å². The molecule has 0 spiro atoms. The number of ether oxygens (including phenoxy) is 1. The van der Waals surface area contributed by atoms with Crippen molar-refractivity contribution in [2.24, 2.45) is 0 Å². The van der Waals surface area contributed by atoms with Crippen LogP contribution in [0.5, 0.6) is 0 Å². The second-order valence-electron chi connectivity index (χ2n) is 8.59. The molecule has 4 heterocycles.